The van der Waals surface area contributed by atoms with Crippen molar-refractivity contribution in [3.8, 4) is 17.6 Å². The number of ether oxygens (including phenoxy) is 2. The minimum atomic E-state index is -0.354. The fraction of sp³-hybridized carbons (Fsp3) is 0.533. The van der Waals surface area contributed by atoms with E-state index in [1.54, 1.807) is 12.1 Å². The molecule has 0 aliphatic carbocycles. The number of rotatable bonds is 7. The van der Waals surface area contributed by atoms with Gasteiger partial charge in [-0.1, -0.05) is 11.6 Å². The van der Waals surface area contributed by atoms with E-state index in [9.17, 15) is 5.11 Å². The van der Waals surface area contributed by atoms with Crippen LogP contribution in [-0.2, 0) is 6.61 Å². The summed E-state index contributed by atoms with van der Waals surface area (Å²) in [5.41, 5.74) is 0.238. The second-order valence-corrected chi connectivity index (χ2v) is 5.64. The van der Waals surface area contributed by atoms with Crippen LogP contribution in [0.4, 0.5) is 0 Å². The molecule has 1 aromatic carbocycles. The van der Waals surface area contributed by atoms with E-state index >= 15 is 0 Å². The van der Waals surface area contributed by atoms with Crippen molar-refractivity contribution in [1.82, 2.24) is 0 Å². The van der Waals surface area contributed by atoms with E-state index < -0.39 is 0 Å². The molecule has 0 fully saturated rings. The van der Waals surface area contributed by atoms with Crippen LogP contribution in [0.25, 0.3) is 0 Å². The smallest absolute Gasteiger partial charge is 0.166 e. The molecule has 4 nitrogen and oxygen atoms in total. The van der Waals surface area contributed by atoms with Crippen molar-refractivity contribution in [3.05, 3.63) is 22.7 Å². The first-order valence-electron chi connectivity index (χ1n) is 6.45. The summed E-state index contributed by atoms with van der Waals surface area (Å²) in [5, 5.41) is 18.8. The Bertz CT molecular complexity index is 469. The quantitative estimate of drug-likeness (QED) is 0.782. The van der Waals surface area contributed by atoms with Gasteiger partial charge in [0.15, 0.2) is 11.5 Å². The van der Waals surface area contributed by atoms with Crippen molar-refractivity contribution >= 4 is 11.6 Å². The lowest BCUT2D eigenvalue weighted by atomic mass is 9.90. The van der Waals surface area contributed by atoms with Crippen LogP contribution in [0.3, 0.4) is 0 Å². The van der Waals surface area contributed by atoms with Gasteiger partial charge in [-0.2, -0.15) is 5.26 Å². The standard InChI is InChI=1S/C15H20ClNO3/c1-15(2,10-17)5-4-6-20-14-11(9-18)7-12(16)8-13(14)19-3/h7-8,18H,4-6,9H2,1-3H3. The molecule has 0 saturated carbocycles. The molecular formula is C15H20ClNO3. The largest absolute Gasteiger partial charge is 0.493 e. The molecular weight excluding hydrogens is 278 g/mol. The Hall–Kier alpha value is -1.44. The fourth-order valence-corrected chi connectivity index (χ4v) is 2.03. The Morgan fingerprint density at radius 3 is 2.65 bits per heavy atom. The average molecular weight is 298 g/mol. The van der Waals surface area contributed by atoms with Crippen LogP contribution in [0.5, 0.6) is 11.5 Å². The Labute approximate surface area is 124 Å². The monoisotopic (exact) mass is 297 g/mol. The van der Waals surface area contributed by atoms with E-state index in [0.717, 1.165) is 12.8 Å². The Morgan fingerprint density at radius 1 is 1.40 bits per heavy atom. The lowest BCUT2D eigenvalue weighted by molar-refractivity contribution is 0.245. The fourth-order valence-electron chi connectivity index (χ4n) is 1.80. The Morgan fingerprint density at radius 2 is 2.10 bits per heavy atom. The predicted molar refractivity (Wildman–Crippen MR) is 78.0 cm³/mol. The summed E-state index contributed by atoms with van der Waals surface area (Å²) in [6, 6.07) is 5.55. The zero-order chi connectivity index (χ0) is 15.2. The van der Waals surface area contributed by atoms with Crippen molar-refractivity contribution in [1.29, 1.82) is 5.26 Å². The van der Waals surface area contributed by atoms with Gasteiger partial charge < -0.3 is 14.6 Å². The highest BCUT2D eigenvalue weighted by Crippen LogP contribution is 2.35. The predicted octanol–water partition coefficient (Wildman–Crippen LogP) is 3.55. The molecule has 0 aromatic heterocycles. The first-order valence-corrected chi connectivity index (χ1v) is 6.82. The van der Waals surface area contributed by atoms with Crippen LogP contribution in [0.1, 0.15) is 32.3 Å². The van der Waals surface area contributed by atoms with Crippen molar-refractivity contribution in [2.45, 2.75) is 33.3 Å². The van der Waals surface area contributed by atoms with Crippen molar-refractivity contribution in [2.24, 2.45) is 5.41 Å². The van der Waals surface area contributed by atoms with E-state index in [0.29, 0.717) is 28.7 Å². The van der Waals surface area contributed by atoms with Gasteiger partial charge in [0.25, 0.3) is 0 Å². The molecule has 5 heteroatoms. The molecule has 0 atom stereocenters. The number of nitrogens with zero attached hydrogens (tertiary/aromatic N) is 1. The zero-order valence-corrected chi connectivity index (χ0v) is 12.8. The maximum absolute atomic E-state index is 9.35. The minimum absolute atomic E-state index is 0.171. The van der Waals surface area contributed by atoms with Crippen LogP contribution in [0.2, 0.25) is 5.02 Å². The van der Waals surface area contributed by atoms with Gasteiger partial charge in [-0.15, -0.1) is 0 Å². The maximum Gasteiger partial charge on any atom is 0.166 e. The summed E-state index contributed by atoms with van der Waals surface area (Å²) in [6.07, 6.45) is 1.49. The summed E-state index contributed by atoms with van der Waals surface area (Å²) in [4.78, 5) is 0. The van der Waals surface area contributed by atoms with E-state index in [4.69, 9.17) is 26.3 Å². The topological polar surface area (TPSA) is 62.5 Å². The molecule has 0 amide bonds. The van der Waals surface area contributed by atoms with Crippen molar-refractivity contribution in [3.63, 3.8) is 0 Å². The van der Waals surface area contributed by atoms with Crippen LogP contribution in [0, 0.1) is 16.7 Å². The minimum Gasteiger partial charge on any atom is -0.493 e. The second-order valence-electron chi connectivity index (χ2n) is 5.20. The van der Waals surface area contributed by atoms with Gasteiger partial charge in [0.1, 0.15) is 0 Å². The molecule has 0 aliphatic rings. The van der Waals surface area contributed by atoms with Gasteiger partial charge >= 0.3 is 0 Å². The number of halogens is 1. The van der Waals surface area contributed by atoms with Crippen molar-refractivity contribution < 1.29 is 14.6 Å². The number of nitriles is 1. The lowest BCUT2D eigenvalue weighted by Gasteiger charge is -2.17. The second kappa shape index (κ2) is 7.37. The molecule has 0 radical (unpaired) electrons. The van der Waals surface area contributed by atoms with E-state index in [1.165, 1.54) is 7.11 Å². The van der Waals surface area contributed by atoms with Crippen LogP contribution >= 0.6 is 11.6 Å². The average Bonchev–Trinajstić information content (AvgIpc) is 2.43. The molecule has 0 bridgehead atoms. The van der Waals surface area contributed by atoms with Gasteiger partial charge in [0, 0.05) is 16.7 Å². The van der Waals surface area contributed by atoms with Gasteiger partial charge in [-0.25, -0.2) is 0 Å². The normalized spacial score (nSPS) is 11.0. The number of benzene rings is 1. The molecule has 0 unspecified atom stereocenters. The highest BCUT2D eigenvalue weighted by Gasteiger charge is 2.17. The third-order valence-electron chi connectivity index (χ3n) is 2.98. The number of hydrogen-bond acceptors (Lipinski definition) is 4. The number of hydrogen-bond donors (Lipinski definition) is 1. The van der Waals surface area contributed by atoms with Gasteiger partial charge in [0.05, 0.1) is 31.8 Å². The zero-order valence-electron chi connectivity index (χ0n) is 12.1. The van der Waals surface area contributed by atoms with Crippen molar-refractivity contribution in [2.75, 3.05) is 13.7 Å². The molecule has 0 heterocycles. The van der Waals surface area contributed by atoms with E-state index in [2.05, 4.69) is 6.07 Å². The van der Waals surface area contributed by atoms with Gasteiger partial charge in [-0.3, -0.25) is 0 Å². The molecule has 0 spiro atoms. The van der Waals surface area contributed by atoms with Gasteiger partial charge in [-0.05, 0) is 32.8 Å². The number of methoxy groups -OCH3 is 1. The molecule has 1 rings (SSSR count). The first-order chi connectivity index (χ1) is 9.43. The first kappa shape index (κ1) is 16.6. The molecule has 1 N–H and O–H groups in total. The summed E-state index contributed by atoms with van der Waals surface area (Å²) < 4.78 is 10.9. The highest BCUT2D eigenvalue weighted by atomic mass is 35.5. The molecule has 110 valence electrons. The van der Waals surface area contributed by atoms with Crippen LogP contribution < -0.4 is 9.47 Å². The SMILES string of the molecule is COc1cc(Cl)cc(CO)c1OCCCC(C)(C)C#N. The summed E-state index contributed by atoms with van der Waals surface area (Å²) in [6.45, 7) is 4.08. The highest BCUT2D eigenvalue weighted by molar-refractivity contribution is 6.30. The molecule has 0 aliphatic heterocycles. The number of aliphatic hydroxyl groups is 1. The molecule has 0 saturated heterocycles. The van der Waals surface area contributed by atoms with Crippen LogP contribution in [-0.4, -0.2) is 18.8 Å². The summed E-state index contributed by atoms with van der Waals surface area (Å²) in [5.74, 6) is 1.01. The maximum atomic E-state index is 9.35. The summed E-state index contributed by atoms with van der Waals surface area (Å²) in [7, 11) is 1.53. The Kier molecular flexibility index (Phi) is 6.12. The number of aliphatic hydroxyl groups excluding tert-OH is 1. The van der Waals surface area contributed by atoms with Gasteiger partial charge in [0.2, 0.25) is 0 Å². The third kappa shape index (κ3) is 4.59. The molecule has 20 heavy (non-hydrogen) atoms. The van der Waals surface area contributed by atoms with E-state index in [1.807, 2.05) is 13.8 Å². The van der Waals surface area contributed by atoms with E-state index in [-0.39, 0.29) is 12.0 Å². The third-order valence-corrected chi connectivity index (χ3v) is 3.20. The summed E-state index contributed by atoms with van der Waals surface area (Å²) >= 11 is 5.94. The molecule has 1 aromatic rings. The lowest BCUT2D eigenvalue weighted by Crippen LogP contribution is -2.10. The Balaban J connectivity index is 2.70. The van der Waals surface area contributed by atoms with Crippen LogP contribution in [0.15, 0.2) is 12.1 Å².